The van der Waals surface area contributed by atoms with E-state index in [-0.39, 0.29) is 23.4 Å². The van der Waals surface area contributed by atoms with E-state index in [1.165, 1.54) is 43.3 Å². The molecule has 3 aliphatic rings. The monoisotopic (exact) mass is 1120 g/mol. The number of phenols is 1. The Balaban J connectivity index is 1.16. The van der Waals surface area contributed by atoms with Crippen molar-refractivity contribution in [3.63, 3.8) is 0 Å². The summed E-state index contributed by atoms with van der Waals surface area (Å²) in [4.78, 5) is 102. The lowest BCUT2D eigenvalue weighted by molar-refractivity contribution is -0.147. The highest BCUT2D eigenvalue weighted by atomic mass is 16.5. The van der Waals surface area contributed by atoms with Gasteiger partial charge in [-0.05, 0) is 84.5 Å². The average molecular weight is 1120 g/mol. The molecule has 7 unspecified atom stereocenters. The predicted molar refractivity (Wildman–Crippen MR) is 292 cm³/mol. The molecule has 3 aliphatic heterocycles. The van der Waals surface area contributed by atoms with Crippen molar-refractivity contribution < 1.29 is 79.2 Å². The van der Waals surface area contributed by atoms with Crippen LogP contribution in [0.1, 0.15) is 81.8 Å². The number of β-amino-alcohol motifs (C(OH)–C–C–N with tert-alkyl or cyclic N) is 1. The number of rotatable bonds is 14. The van der Waals surface area contributed by atoms with Gasteiger partial charge >= 0.3 is 0 Å². The molecule has 436 valence electrons. The summed E-state index contributed by atoms with van der Waals surface area (Å²) in [6.07, 6.45) is -10.2. The molecule has 0 radical (unpaired) electrons. The van der Waals surface area contributed by atoms with Gasteiger partial charge in [0.1, 0.15) is 60.0 Å². The molecule has 81 heavy (non-hydrogen) atoms. The Hall–Kier alpha value is -7.51. The van der Waals surface area contributed by atoms with Gasteiger partial charge in [-0.3, -0.25) is 33.6 Å². The summed E-state index contributed by atoms with van der Waals surface area (Å²) in [6.45, 7) is 5.11. The highest BCUT2D eigenvalue weighted by Gasteiger charge is 2.50. The number of aromatic hydroxyl groups is 1. The lowest BCUT2D eigenvalue weighted by Gasteiger charge is -2.34. The first-order valence-corrected chi connectivity index (χ1v) is 27.2. The molecule has 23 heteroatoms. The Morgan fingerprint density at radius 1 is 0.642 bits per heavy atom. The van der Waals surface area contributed by atoms with Gasteiger partial charge in [0.25, 0.3) is 5.91 Å². The van der Waals surface area contributed by atoms with Crippen LogP contribution in [0.2, 0.25) is 0 Å². The van der Waals surface area contributed by atoms with Gasteiger partial charge in [0.15, 0.2) is 0 Å². The fraction of sp³-hybridized carbons (Fsp3) is 0.466. The molecule has 3 fully saturated rings. The number of nitrogens with zero attached hydrogens (tertiary/aromatic N) is 2. The summed E-state index contributed by atoms with van der Waals surface area (Å²) in [7, 11) is 0. The van der Waals surface area contributed by atoms with Crippen molar-refractivity contribution in [3.8, 4) is 33.8 Å². The molecule has 14 atom stereocenters. The second kappa shape index (κ2) is 27.3. The van der Waals surface area contributed by atoms with E-state index >= 15 is 0 Å². The Labute approximate surface area is 468 Å². The van der Waals surface area contributed by atoms with E-state index in [0.29, 0.717) is 6.61 Å². The molecule has 3 heterocycles. The third-order valence-electron chi connectivity index (χ3n) is 14.9. The van der Waals surface area contributed by atoms with Gasteiger partial charge in [0.2, 0.25) is 35.4 Å². The molecular weight excluding hydrogens is 1050 g/mol. The minimum atomic E-state index is -2.26. The molecule has 0 aromatic heterocycles. The number of benzene rings is 4. The highest BCUT2D eigenvalue weighted by Crippen LogP contribution is 2.30. The maximum absolute atomic E-state index is 14.5. The van der Waals surface area contributed by atoms with Crippen LogP contribution < -0.4 is 31.3 Å². The van der Waals surface area contributed by atoms with Crippen LogP contribution in [0.15, 0.2) is 97.1 Å². The summed E-state index contributed by atoms with van der Waals surface area (Å²) in [5.74, 6) is -7.90. The Kier molecular flexibility index (Phi) is 20.6. The number of ether oxygens (including phenoxy) is 1. The zero-order chi connectivity index (χ0) is 58.8. The fourth-order valence-corrected chi connectivity index (χ4v) is 10.2. The number of amides is 7. The summed E-state index contributed by atoms with van der Waals surface area (Å²) in [6, 6.07) is 15.7. The Morgan fingerprint density at radius 3 is 1.74 bits per heavy atom. The fourth-order valence-electron chi connectivity index (χ4n) is 10.2. The van der Waals surface area contributed by atoms with Crippen LogP contribution >= 0.6 is 0 Å². The van der Waals surface area contributed by atoms with E-state index in [1.807, 2.05) is 48.5 Å². The maximum atomic E-state index is 14.5. The van der Waals surface area contributed by atoms with E-state index < -0.39 is 152 Å². The summed E-state index contributed by atoms with van der Waals surface area (Å²) >= 11 is 0. The SMILES string of the molecule is CCCCCOc1ccc(-c2ccc(-c3ccc(C(=O)NC4C[C@@H](O)CNC(=O)C5[C@@H](O)[C@@H](C)CN5C(=O)C([C@@H](C)O)NC(=O)C(C(O)[C@@H](O)c5ccc(O)cc5)NC(=O)C5C[C@@H](O)CN5C(=O)C([C@@H](C)O)NC4=O)cc3)cc2)cc1. The van der Waals surface area contributed by atoms with E-state index in [2.05, 4.69) is 33.5 Å². The molecule has 0 spiro atoms. The van der Waals surface area contributed by atoms with Crippen molar-refractivity contribution in [1.29, 1.82) is 0 Å². The van der Waals surface area contributed by atoms with Gasteiger partial charge < -0.3 is 82.0 Å². The molecular formula is C58H73N7O16. The third-order valence-corrected chi connectivity index (χ3v) is 14.9. The number of aliphatic hydroxyl groups is 7. The van der Waals surface area contributed by atoms with Crippen LogP contribution in [0.25, 0.3) is 22.3 Å². The molecule has 7 rings (SSSR count). The zero-order valence-corrected chi connectivity index (χ0v) is 45.4. The second-order valence-electron chi connectivity index (χ2n) is 21.2. The summed E-state index contributed by atoms with van der Waals surface area (Å²) in [5, 5.41) is 100. The van der Waals surface area contributed by atoms with E-state index in [4.69, 9.17) is 4.74 Å². The molecule has 4 aromatic rings. The number of carbonyl (C=O) groups is 7. The predicted octanol–water partition coefficient (Wildman–Crippen LogP) is -0.245. The number of phenolic OH excluding ortho intramolecular Hbond substituents is 1. The van der Waals surface area contributed by atoms with Crippen LogP contribution in [-0.4, -0.2) is 191 Å². The van der Waals surface area contributed by atoms with Gasteiger partial charge in [0, 0.05) is 44.0 Å². The molecule has 23 nitrogen and oxygen atoms in total. The maximum Gasteiger partial charge on any atom is 0.251 e. The van der Waals surface area contributed by atoms with Crippen LogP contribution in [0.3, 0.4) is 0 Å². The molecule has 13 N–H and O–H groups in total. The number of fused-ring (bicyclic) bond motifs is 2. The molecule has 7 amide bonds. The lowest BCUT2D eigenvalue weighted by Crippen LogP contribution is -2.64. The topological polar surface area (TPSA) is 357 Å². The lowest BCUT2D eigenvalue weighted by atomic mass is 9.96. The quantitative estimate of drug-likeness (QED) is 0.0725. The number of hydrogen-bond acceptors (Lipinski definition) is 16. The smallest absolute Gasteiger partial charge is 0.251 e. The number of nitrogens with one attached hydrogen (secondary N) is 5. The van der Waals surface area contributed by atoms with Crippen LogP contribution in [0, 0.1) is 5.92 Å². The molecule has 0 saturated carbocycles. The Morgan fingerprint density at radius 2 is 1.17 bits per heavy atom. The number of hydrogen-bond donors (Lipinski definition) is 13. The highest BCUT2D eigenvalue weighted by molar-refractivity contribution is 6.00. The van der Waals surface area contributed by atoms with Gasteiger partial charge in [-0.25, -0.2) is 0 Å². The summed E-state index contributed by atoms with van der Waals surface area (Å²) < 4.78 is 5.85. The molecule has 0 bridgehead atoms. The standard InChI is InChI=1S/C58H73N7O16/c1-5-6-7-24-81-42-22-18-36(19-23-42)34-10-8-33(9-11-34)35-12-14-38(15-13-35)52(74)60-43-25-40(69)27-59-56(78)48-49(71)30(2)28-65(48)58(80)46(32(4)67)62-55(77)47(51(73)50(72)37-16-20-39(68)21-17-37)63-54(76)44-26-41(70)29-64(44)57(79)45(31(3)66)61-53(43)75/h8-23,30-32,40-41,43-51,66-73H,5-7,24-29H2,1-4H3,(H,59,78)(H,60,74)(H,61,75)(H,62,77)(H,63,76)/t30-,31+,32+,40+,41+,43?,44?,45?,46?,47?,48?,49-,50-,51?/m0/s1. The van der Waals surface area contributed by atoms with Gasteiger partial charge in [-0.2, -0.15) is 0 Å². The largest absolute Gasteiger partial charge is 0.508 e. The van der Waals surface area contributed by atoms with Gasteiger partial charge in [0.05, 0.1) is 37.1 Å². The summed E-state index contributed by atoms with van der Waals surface area (Å²) in [5.41, 5.74) is 3.56. The average Bonchev–Trinajstić information content (AvgIpc) is 4.09. The van der Waals surface area contributed by atoms with Crippen LogP contribution in [0.4, 0.5) is 0 Å². The second-order valence-corrected chi connectivity index (χ2v) is 21.2. The minimum absolute atomic E-state index is 0.0534. The van der Waals surface area contributed by atoms with Crippen molar-refractivity contribution in [2.75, 3.05) is 26.2 Å². The number of aliphatic hydroxyl groups excluding tert-OH is 7. The molecule has 3 saturated heterocycles. The normalized spacial score (nSPS) is 26.8. The van der Waals surface area contributed by atoms with E-state index in [1.54, 1.807) is 12.1 Å². The molecule has 4 aromatic carbocycles. The Bertz CT molecular complexity index is 2840. The van der Waals surface area contributed by atoms with Crippen molar-refractivity contribution in [3.05, 3.63) is 108 Å². The first kappa shape index (κ1) is 61.1. The first-order chi connectivity index (χ1) is 38.6. The van der Waals surface area contributed by atoms with Gasteiger partial charge in [-0.1, -0.05) is 87.4 Å². The van der Waals surface area contributed by atoms with E-state index in [9.17, 15) is 74.4 Å². The van der Waals surface area contributed by atoms with Crippen LogP contribution in [0.5, 0.6) is 11.5 Å². The number of unbranched alkanes of at least 4 members (excludes halogenated alkanes) is 2. The van der Waals surface area contributed by atoms with Crippen molar-refractivity contribution in [2.45, 2.75) is 139 Å². The number of carbonyl (C=O) groups excluding carboxylic acids is 7. The first-order valence-electron chi connectivity index (χ1n) is 27.2. The van der Waals surface area contributed by atoms with Crippen molar-refractivity contribution in [1.82, 2.24) is 36.4 Å². The minimum Gasteiger partial charge on any atom is -0.508 e. The van der Waals surface area contributed by atoms with E-state index in [0.717, 1.165) is 70.9 Å². The van der Waals surface area contributed by atoms with Gasteiger partial charge in [-0.15, -0.1) is 0 Å². The molecule has 0 aliphatic carbocycles. The van der Waals surface area contributed by atoms with Crippen LogP contribution in [-0.2, 0) is 28.8 Å². The van der Waals surface area contributed by atoms with Crippen molar-refractivity contribution >= 4 is 41.4 Å². The van der Waals surface area contributed by atoms with Crippen molar-refractivity contribution in [2.24, 2.45) is 5.92 Å². The third kappa shape index (κ3) is 14.9. The zero-order valence-electron chi connectivity index (χ0n) is 45.4.